The first-order chi connectivity index (χ1) is 13.6. The van der Waals surface area contributed by atoms with Gasteiger partial charge in [0, 0.05) is 17.0 Å². The predicted octanol–water partition coefficient (Wildman–Crippen LogP) is 3.57. The summed E-state index contributed by atoms with van der Waals surface area (Å²) in [7, 11) is 0. The molecule has 0 amide bonds. The summed E-state index contributed by atoms with van der Waals surface area (Å²) in [5, 5.41) is 3.81. The summed E-state index contributed by atoms with van der Waals surface area (Å²) in [6.07, 6.45) is 0.330. The summed E-state index contributed by atoms with van der Waals surface area (Å²) in [6.45, 7) is 2.73. The summed E-state index contributed by atoms with van der Waals surface area (Å²) >= 11 is 5.92. The molecule has 1 aliphatic heterocycles. The first-order valence-electron chi connectivity index (χ1n) is 9.05. The molecule has 7 heteroatoms. The highest BCUT2D eigenvalue weighted by atomic mass is 35.5. The third-order valence-corrected chi connectivity index (χ3v) is 4.83. The zero-order valence-electron chi connectivity index (χ0n) is 15.4. The van der Waals surface area contributed by atoms with Crippen molar-refractivity contribution < 1.29 is 9.47 Å². The number of hydrogen-bond acceptors (Lipinski definition) is 5. The Hall–Kier alpha value is -2.99. The van der Waals surface area contributed by atoms with E-state index in [-0.39, 0.29) is 11.7 Å². The van der Waals surface area contributed by atoms with E-state index >= 15 is 0 Å². The van der Waals surface area contributed by atoms with Crippen molar-refractivity contribution in [2.45, 2.75) is 19.4 Å². The maximum Gasteiger partial charge on any atom is 0.256 e. The Labute approximate surface area is 167 Å². The van der Waals surface area contributed by atoms with Gasteiger partial charge < -0.3 is 14.8 Å². The normalized spacial score (nSPS) is 15.3. The maximum atomic E-state index is 12.5. The molecule has 0 fully saturated rings. The predicted molar refractivity (Wildman–Crippen MR) is 109 cm³/mol. The largest absolute Gasteiger partial charge is 0.486 e. The van der Waals surface area contributed by atoms with E-state index in [9.17, 15) is 4.79 Å². The summed E-state index contributed by atoms with van der Waals surface area (Å²) in [6, 6.07) is 15.0. The van der Waals surface area contributed by atoms with Gasteiger partial charge in [-0.15, -0.1) is 0 Å². The van der Waals surface area contributed by atoms with Crippen molar-refractivity contribution in [3.05, 3.63) is 80.7 Å². The van der Waals surface area contributed by atoms with Crippen LogP contribution in [0.5, 0.6) is 11.5 Å². The van der Waals surface area contributed by atoms with E-state index in [2.05, 4.69) is 15.3 Å². The highest BCUT2D eigenvalue weighted by Crippen LogP contribution is 2.30. The molecule has 1 unspecified atom stereocenters. The van der Waals surface area contributed by atoms with E-state index < -0.39 is 0 Å². The fraction of sp³-hybridized carbons (Fsp3) is 0.238. The second-order valence-electron chi connectivity index (χ2n) is 6.66. The Kier molecular flexibility index (Phi) is 5.21. The smallest absolute Gasteiger partial charge is 0.256 e. The fourth-order valence-corrected chi connectivity index (χ4v) is 3.21. The van der Waals surface area contributed by atoms with Crippen LogP contribution in [0.25, 0.3) is 0 Å². The van der Waals surface area contributed by atoms with E-state index in [1.807, 2.05) is 55.5 Å². The number of anilines is 1. The number of aryl methyl sites for hydroxylation is 1. The van der Waals surface area contributed by atoms with Gasteiger partial charge in [0.2, 0.25) is 5.95 Å². The van der Waals surface area contributed by atoms with Crippen LogP contribution in [0, 0.1) is 6.92 Å². The molecular weight excluding hydrogens is 378 g/mol. The number of halogens is 1. The minimum atomic E-state index is -0.172. The molecule has 2 aromatic carbocycles. The molecule has 0 bridgehead atoms. The standard InChI is InChI=1S/C21H20ClN3O3/c1-13-17(10-14-6-8-15(22)9-7-14)20(26)25-21(24-13)23-11-16-12-27-18-4-2-3-5-19(18)28-16/h2-9,16H,10-12H2,1H3,(H2,23,24,25,26). The van der Waals surface area contributed by atoms with Gasteiger partial charge in [0.1, 0.15) is 12.7 Å². The fourth-order valence-electron chi connectivity index (χ4n) is 3.08. The number of nitrogens with one attached hydrogen (secondary N) is 2. The lowest BCUT2D eigenvalue weighted by molar-refractivity contribution is 0.0996. The van der Waals surface area contributed by atoms with Gasteiger partial charge in [-0.05, 0) is 36.8 Å². The molecule has 4 rings (SSSR count). The van der Waals surface area contributed by atoms with Crippen LogP contribution in [0.15, 0.2) is 53.3 Å². The summed E-state index contributed by atoms with van der Waals surface area (Å²) < 4.78 is 11.6. The van der Waals surface area contributed by atoms with Crippen molar-refractivity contribution >= 4 is 17.5 Å². The molecule has 0 spiro atoms. The lowest BCUT2D eigenvalue weighted by Gasteiger charge is -2.26. The van der Waals surface area contributed by atoms with Gasteiger partial charge in [-0.2, -0.15) is 0 Å². The van der Waals surface area contributed by atoms with Crippen LogP contribution in [-0.4, -0.2) is 29.2 Å². The number of aromatic amines is 1. The van der Waals surface area contributed by atoms with Crippen LogP contribution in [0.2, 0.25) is 5.02 Å². The first kappa shape index (κ1) is 18.4. The number of H-pyrrole nitrogens is 1. The lowest BCUT2D eigenvalue weighted by Crippen LogP contribution is -2.36. The molecule has 0 saturated carbocycles. The van der Waals surface area contributed by atoms with Gasteiger partial charge in [0.05, 0.1) is 12.2 Å². The minimum absolute atomic E-state index is 0.156. The first-order valence-corrected chi connectivity index (χ1v) is 9.43. The SMILES string of the molecule is Cc1nc(NCC2COc3ccccc3O2)[nH]c(=O)c1Cc1ccc(Cl)cc1. The second-order valence-corrected chi connectivity index (χ2v) is 7.10. The summed E-state index contributed by atoms with van der Waals surface area (Å²) in [5.74, 6) is 1.88. The zero-order chi connectivity index (χ0) is 19.5. The molecule has 0 aliphatic carbocycles. The van der Waals surface area contributed by atoms with Crippen molar-refractivity contribution in [2.24, 2.45) is 0 Å². The summed E-state index contributed by atoms with van der Waals surface area (Å²) in [5.41, 5.74) is 2.18. The molecule has 0 radical (unpaired) electrons. The van der Waals surface area contributed by atoms with Crippen molar-refractivity contribution in [2.75, 3.05) is 18.5 Å². The number of para-hydroxylation sites is 2. The molecule has 1 atom stereocenters. The molecule has 0 saturated heterocycles. The van der Waals surface area contributed by atoms with E-state index in [0.29, 0.717) is 41.8 Å². The molecule has 1 aromatic heterocycles. The van der Waals surface area contributed by atoms with Gasteiger partial charge in [-0.3, -0.25) is 9.78 Å². The Morgan fingerprint density at radius 3 is 2.68 bits per heavy atom. The average molecular weight is 398 g/mol. The van der Waals surface area contributed by atoms with Crippen LogP contribution >= 0.6 is 11.6 Å². The maximum absolute atomic E-state index is 12.5. The van der Waals surface area contributed by atoms with Gasteiger partial charge in [0.25, 0.3) is 5.56 Å². The van der Waals surface area contributed by atoms with Crippen LogP contribution in [0.1, 0.15) is 16.8 Å². The summed E-state index contributed by atoms with van der Waals surface area (Å²) in [4.78, 5) is 19.8. The molecule has 1 aliphatic rings. The number of rotatable bonds is 5. The highest BCUT2D eigenvalue weighted by molar-refractivity contribution is 6.30. The number of fused-ring (bicyclic) bond motifs is 1. The highest BCUT2D eigenvalue weighted by Gasteiger charge is 2.20. The van der Waals surface area contributed by atoms with Crippen LogP contribution in [-0.2, 0) is 6.42 Å². The van der Waals surface area contributed by atoms with Gasteiger partial charge >= 0.3 is 0 Å². The number of benzene rings is 2. The quantitative estimate of drug-likeness (QED) is 0.688. The van der Waals surface area contributed by atoms with Crippen molar-refractivity contribution in [1.29, 1.82) is 0 Å². The van der Waals surface area contributed by atoms with E-state index in [1.54, 1.807) is 0 Å². The topological polar surface area (TPSA) is 76.2 Å². The molecule has 6 nitrogen and oxygen atoms in total. The number of hydrogen-bond donors (Lipinski definition) is 2. The Balaban J connectivity index is 1.42. The van der Waals surface area contributed by atoms with Gasteiger partial charge in [-0.1, -0.05) is 35.9 Å². The van der Waals surface area contributed by atoms with Crippen molar-refractivity contribution in [3.63, 3.8) is 0 Å². The third kappa shape index (κ3) is 4.12. The minimum Gasteiger partial charge on any atom is -0.486 e. The second kappa shape index (κ2) is 7.94. The average Bonchev–Trinajstić information content (AvgIpc) is 2.70. The van der Waals surface area contributed by atoms with Crippen LogP contribution in [0.4, 0.5) is 5.95 Å². The van der Waals surface area contributed by atoms with E-state index in [0.717, 1.165) is 17.1 Å². The lowest BCUT2D eigenvalue weighted by atomic mass is 10.1. The molecule has 3 aromatic rings. The molecule has 2 heterocycles. The van der Waals surface area contributed by atoms with Gasteiger partial charge in [0.15, 0.2) is 11.5 Å². The third-order valence-electron chi connectivity index (χ3n) is 4.58. The van der Waals surface area contributed by atoms with Crippen LogP contribution in [0.3, 0.4) is 0 Å². The molecular formula is C21H20ClN3O3. The Morgan fingerprint density at radius 2 is 1.93 bits per heavy atom. The number of ether oxygens (including phenoxy) is 2. The number of nitrogens with zero attached hydrogens (tertiary/aromatic N) is 1. The molecule has 144 valence electrons. The van der Waals surface area contributed by atoms with Crippen LogP contribution < -0.4 is 20.3 Å². The van der Waals surface area contributed by atoms with E-state index in [1.165, 1.54) is 0 Å². The zero-order valence-corrected chi connectivity index (χ0v) is 16.1. The molecule has 2 N–H and O–H groups in total. The Bertz CT molecular complexity index is 1030. The van der Waals surface area contributed by atoms with Gasteiger partial charge in [-0.25, -0.2) is 4.98 Å². The van der Waals surface area contributed by atoms with Crippen molar-refractivity contribution in [1.82, 2.24) is 9.97 Å². The monoisotopic (exact) mass is 397 g/mol. The molecule has 28 heavy (non-hydrogen) atoms. The van der Waals surface area contributed by atoms with E-state index in [4.69, 9.17) is 21.1 Å². The number of aromatic nitrogens is 2. The van der Waals surface area contributed by atoms with Crippen molar-refractivity contribution in [3.8, 4) is 11.5 Å². The Morgan fingerprint density at radius 1 is 1.18 bits per heavy atom.